The van der Waals surface area contributed by atoms with Crippen LogP contribution in [0, 0.1) is 0 Å². The molecule has 0 aromatic heterocycles. The Balaban J connectivity index is 1.36. The summed E-state index contributed by atoms with van der Waals surface area (Å²) in [5, 5.41) is 8.98. The first-order valence-corrected chi connectivity index (χ1v) is 10.4. The van der Waals surface area contributed by atoms with Crippen LogP contribution in [0.5, 0.6) is 0 Å². The third kappa shape index (κ3) is 5.26. The van der Waals surface area contributed by atoms with Crippen LogP contribution in [0.15, 0.2) is 108 Å². The molecular weight excluding hydrogens is 398 g/mol. The van der Waals surface area contributed by atoms with Gasteiger partial charge in [-0.05, 0) is 33.5 Å². The highest BCUT2D eigenvalue weighted by atomic mass is 16.2. The number of rotatable bonds is 7. The van der Waals surface area contributed by atoms with E-state index in [1.54, 1.807) is 6.21 Å². The highest BCUT2D eigenvalue weighted by molar-refractivity contribution is 5.92. The molecule has 4 rings (SSSR count). The van der Waals surface area contributed by atoms with E-state index in [1.165, 1.54) is 0 Å². The van der Waals surface area contributed by atoms with E-state index in [-0.39, 0.29) is 12.5 Å². The maximum Gasteiger partial charge on any atom is 0.259 e. The van der Waals surface area contributed by atoms with Gasteiger partial charge in [0.05, 0.1) is 18.7 Å². The normalized spacial score (nSPS) is 11.0. The molecule has 158 valence electrons. The van der Waals surface area contributed by atoms with Crippen LogP contribution in [-0.4, -0.2) is 24.6 Å². The minimum Gasteiger partial charge on any atom is -0.346 e. The molecule has 0 radical (unpaired) electrons. The van der Waals surface area contributed by atoms with E-state index in [0.717, 1.165) is 27.5 Å². The largest absolute Gasteiger partial charge is 0.346 e. The molecule has 32 heavy (non-hydrogen) atoms. The van der Waals surface area contributed by atoms with E-state index >= 15 is 0 Å². The molecule has 0 unspecified atom stereocenters. The topological polar surface area (TPSA) is 70.6 Å². The summed E-state index contributed by atoms with van der Waals surface area (Å²) in [7, 11) is 0. The fourth-order valence-electron chi connectivity index (χ4n) is 3.56. The van der Waals surface area contributed by atoms with Gasteiger partial charge < -0.3 is 5.32 Å². The minimum atomic E-state index is -0.494. The second-order valence-corrected chi connectivity index (χ2v) is 7.37. The number of amides is 2. The van der Waals surface area contributed by atoms with E-state index in [9.17, 15) is 9.59 Å². The Morgan fingerprint density at radius 3 is 2.00 bits per heavy atom. The first kappa shape index (κ1) is 21.0. The highest BCUT2D eigenvalue weighted by Crippen LogP contribution is 2.24. The Hall–Kier alpha value is -4.25. The number of hydrazone groups is 1. The van der Waals surface area contributed by atoms with E-state index in [4.69, 9.17) is 0 Å². The molecule has 0 fully saturated rings. The minimum absolute atomic E-state index is 0.163. The average Bonchev–Trinajstić information content (AvgIpc) is 2.84. The summed E-state index contributed by atoms with van der Waals surface area (Å²) in [6.07, 6.45) is 1.59. The Labute approximate surface area is 186 Å². The van der Waals surface area contributed by atoms with Crippen LogP contribution >= 0.6 is 0 Å². The smallest absolute Gasteiger partial charge is 0.259 e. The fourth-order valence-corrected chi connectivity index (χ4v) is 3.56. The van der Waals surface area contributed by atoms with Gasteiger partial charge in [-0.25, -0.2) is 5.43 Å². The molecule has 0 saturated heterocycles. The third-order valence-corrected chi connectivity index (χ3v) is 5.13. The Morgan fingerprint density at radius 2 is 1.34 bits per heavy atom. The van der Waals surface area contributed by atoms with Gasteiger partial charge in [0.15, 0.2) is 0 Å². The summed E-state index contributed by atoms with van der Waals surface area (Å²) in [5.74, 6) is -1.13. The lowest BCUT2D eigenvalue weighted by atomic mass is 9.90. The molecule has 0 heterocycles. The SMILES string of the molecule is O=C(CNC(=O)C(c1ccccc1)c1ccccc1)N/N=C/c1ccc2ccccc2c1. The van der Waals surface area contributed by atoms with Crippen LogP contribution < -0.4 is 10.7 Å². The maximum absolute atomic E-state index is 12.9. The molecule has 4 aromatic carbocycles. The van der Waals surface area contributed by atoms with Crippen molar-refractivity contribution in [3.05, 3.63) is 120 Å². The zero-order valence-electron chi connectivity index (χ0n) is 17.4. The van der Waals surface area contributed by atoms with E-state index in [1.807, 2.05) is 103 Å². The summed E-state index contributed by atoms with van der Waals surface area (Å²) in [6, 6.07) is 33.0. The van der Waals surface area contributed by atoms with Gasteiger partial charge in [-0.2, -0.15) is 5.10 Å². The van der Waals surface area contributed by atoms with Crippen molar-refractivity contribution in [2.24, 2.45) is 5.10 Å². The van der Waals surface area contributed by atoms with Crippen LogP contribution in [0.1, 0.15) is 22.6 Å². The second kappa shape index (κ2) is 10.2. The summed E-state index contributed by atoms with van der Waals surface area (Å²) < 4.78 is 0. The lowest BCUT2D eigenvalue weighted by molar-refractivity contribution is -0.126. The Kier molecular flexibility index (Phi) is 6.68. The zero-order chi connectivity index (χ0) is 22.2. The van der Waals surface area contributed by atoms with Gasteiger partial charge in [-0.1, -0.05) is 97.1 Å². The number of nitrogens with one attached hydrogen (secondary N) is 2. The summed E-state index contributed by atoms with van der Waals surface area (Å²) in [6.45, 7) is -0.163. The summed E-state index contributed by atoms with van der Waals surface area (Å²) in [4.78, 5) is 25.1. The first-order valence-electron chi connectivity index (χ1n) is 10.4. The van der Waals surface area contributed by atoms with Gasteiger partial charge in [0, 0.05) is 0 Å². The number of nitrogens with zero attached hydrogens (tertiary/aromatic N) is 1. The summed E-state index contributed by atoms with van der Waals surface area (Å²) in [5.41, 5.74) is 5.08. The van der Waals surface area contributed by atoms with Crippen molar-refractivity contribution < 1.29 is 9.59 Å². The van der Waals surface area contributed by atoms with E-state index in [2.05, 4.69) is 15.8 Å². The molecule has 0 aliphatic heterocycles. The number of hydrogen-bond donors (Lipinski definition) is 2. The first-order chi connectivity index (χ1) is 15.7. The third-order valence-electron chi connectivity index (χ3n) is 5.13. The van der Waals surface area contributed by atoms with Crippen LogP contribution in [0.4, 0.5) is 0 Å². The molecule has 5 heteroatoms. The van der Waals surface area contributed by atoms with Crippen molar-refractivity contribution in [1.82, 2.24) is 10.7 Å². The Bertz CT molecular complexity index is 1200. The van der Waals surface area contributed by atoms with Crippen molar-refractivity contribution in [2.75, 3.05) is 6.54 Å². The molecule has 0 aliphatic rings. The van der Waals surface area contributed by atoms with Crippen molar-refractivity contribution in [2.45, 2.75) is 5.92 Å². The van der Waals surface area contributed by atoms with Crippen molar-refractivity contribution in [1.29, 1.82) is 0 Å². The maximum atomic E-state index is 12.9. The van der Waals surface area contributed by atoms with Crippen molar-refractivity contribution >= 4 is 28.8 Å². The van der Waals surface area contributed by atoms with Gasteiger partial charge in [0.1, 0.15) is 0 Å². The number of fused-ring (bicyclic) bond motifs is 1. The molecule has 5 nitrogen and oxygen atoms in total. The predicted molar refractivity (Wildman–Crippen MR) is 127 cm³/mol. The molecule has 0 saturated carbocycles. The number of carbonyl (C=O) groups excluding carboxylic acids is 2. The Morgan fingerprint density at radius 1 is 0.750 bits per heavy atom. The van der Waals surface area contributed by atoms with Gasteiger partial charge in [0.25, 0.3) is 5.91 Å². The molecular formula is C27H23N3O2. The van der Waals surface area contributed by atoms with E-state index in [0.29, 0.717) is 0 Å². The van der Waals surface area contributed by atoms with Gasteiger partial charge >= 0.3 is 0 Å². The lowest BCUT2D eigenvalue weighted by Crippen LogP contribution is -2.37. The lowest BCUT2D eigenvalue weighted by Gasteiger charge is -2.17. The van der Waals surface area contributed by atoms with Crippen LogP contribution in [0.25, 0.3) is 10.8 Å². The average molecular weight is 422 g/mol. The molecule has 4 aromatic rings. The van der Waals surface area contributed by atoms with Gasteiger partial charge in [-0.15, -0.1) is 0 Å². The van der Waals surface area contributed by atoms with Crippen molar-refractivity contribution in [3.63, 3.8) is 0 Å². The highest BCUT2D eigenvalue weighted by Gasteiger charge is 2.22. The van der Waals surface area contributed by atoms with Crippen LogP contribution in [-0.2, 0) is 9.59 Å². The van der Waals surface area contributed by atoms with Crippen LogP contribution in [0.2, 0.25) is 0 Å². The molecule has 0 atom stereocenters. The summed E-state index contributed by atoms with van der Waals surface area (Å²) >= 11 is 0. The second-order valence-electron chi connectivity index (χ2n) is 7.37. The standard InChI is InChI=1S/C27H23N3O2/c31-25(30-29-18-20-15-16-21-9-7-8-14-24(21)17-20)19-28-27(32)26(22-10-3-1-4-11-22)23-12-5-2-6-13-23/h1-18,26H,19H2,(H,28,32)(H,30,31)/b29-18+. The number of carbonyl (C=O) groups is 2. The molecule has 0 spiro atoms. The quantitative estimate of drug-likeness (QED) is 0.346. The molecule has 2 amide bonds. The fraction of sp³-hybridized carbons (Fsp3) is 0.0741. The van der Waals surface area contributed by atoms with Crippen LogP contribution in [0.3, 0.4) is 0 Å². The van der Waals surface area contributed by atoms with Gasteiger partial charge in [0.2, 0.25) is 5.91 Å². The molecule has 0 bridgehead atoms. The van der Waals surface area contributed by atoms with E-state index < -0.39 is 11.8 Å². The van der Waals surface area contributed by atoms with Crippen molar-refractivity contribution in [3.8, 4) is 0 Å². The number of hydrogen-bond acceptors (Lipinski definition) is 3. The monoisotopic (exact) mass is 421 g/mol. The zero-order valence-corrected chi connectivity index (χ0v) is 17.4. The van der Waals surface area contributed by atoms with Gasteiger partial charge in [-0.3, -0.25) is 9.59 Å². The predicted octanol–water partition coefficient (Wildman–Crippen LogP) is 4.24. The number of benzene rings is 4. The molecule has 2 N–H and O–H groups in total. The molecule has 0 aliphatic carbocycles.